The lowest BCUT2D eigenvalue weighted by atomic mass is 10.1. The van der Waals surface area contributed by atoms with Crippen molar-refractivity contribution in [1.29, 1.82) is 0 Å². The van der Waals surface area contributed by atoms with E-state index >= 15 is 0 Å². The largest absolute Gasteiger partial charge is 0.482 e. The zero-order chi connectivity index (χ0) is 21.1. The number of amides is 3. The highest BCUT2D eigenvalue weighted by atomic mass is 16.5. The lowest BCUT2D eigenvalue weighted by Crippen LogP contribution is -2.36. The zero-order valence-electron chi connectivity index (χ0n) is 17.0. The maximum absolute atomic E-state index is 12.3. The molecular formula is C23H25N3O4. The summed E-state index contributed by atoms with van der Waals surface area (Å²) in [5.41, 5.74) is 2.98. The lowest BCUT2D eigenvalue weighted by Gasteiger charge is -2.26. The molecule has 0 atom stereocenters. The Bertz CT molecular complexity index is 953. The quantitative estimate of drug-likeness (QED) is 0.536. The predicted octanol–water partition coefficient (Wildman–Crippen LogP) is 2.25. The summed E-state index contributed by atoms with van der Waals surface area (Å²) < 4.78 is 5.53. The van der Waals surface area contributed by atoms with Crippen LogP contribution in [0, 0.1) is 0 Å². The average molecular weight is 407 g/mol. The zero-order valence-corrected chi connectivity index (χ0v) is 17.0. The van der Waals surface area contributed by atoms with Gasteiger partial charge in [-0.05, 0) is 55.6 Å². The third kappa shape index (κ3) is 3.93. The molecule has 3 amide bonds. The van der Waals surface area contributed by atoms with Crippen molar-refractivity contribution >= 4 is 23.4 Å². The Balaban J connectivity index is 1.16. The molecule has 1 N–H and O–H groups in total. The normalized spacial score (nSPS) is 15.3. The van der Waals surface area contributed by atoms with Crippen LogP contribution in [0.15, 0.2) is 42.5 Å². The number of fused-ring (bicyclic) bond motifs is 2. The van der Waals surface area contributed by atoms with Crippen LogP contribution in [0.2, 0.25) is 0 Å². The van der Waals surface area contributed by atoms with Crippen LogP contribution in [0.1, 0.15) is 39.1 Å². The summed E-state index contributed by atoms with van der Waals surface area (Å²) in [6.45, 7) is 1.87. The van der Waals surface area contributed by atoms with E-state index in [1.54, 1.807) is 36.2 Å². The van der Waals surface area contributed by atoms with Gasteiger partial charge in [-0.2, -0.15) is 0 Å². The van der Waals surface area contributed by atoms with Crippen molar-refractivity contribution in [2.75, 3.05) is 38.2 Å². The van der Waals surface area contributed by atoms with E-state index in [0.717, 1.165) is 37.2 Å². The number of nitrogens with zero attached hydrogens (tertiary/aromatic N) is 2. The van der Waals surface area contributed by atoms with E-state index in [1.165, 1.54) is 10.5 Å². The van der Waals surface area contributed by atoms with Crippen LogP contribution < -0.4 is 15.0 Å². The topological polar surface area (TPSA) is 79.0 Å². The number of ether oxygens (including phenoxy) is 1. The van der Waals surface area contributed by atoms with Crippen LogP contribution in [0.5, 0.6) is 5.75 Å². The highest BCUT2D eigenvalue weighted by Crippen LogP contribution is 2.32. The minimum atomic E-state index is -0.209. The highest BCUT2D eigenvalue weighted by molar-refractivity contribution is 6.21. The van der Waals surface area contributed by atoms with E-state index in [1.807, 2.05) is 18.2 Å². The van der Waals surface area contributed by atoms with E-state index < -0.39 is 0 Å². The second kappa shape index (κ2) is 8.67. The molecule has 0 spiro atoms. The van der Waals surface area contributed by atoms with Crippen LogP contribution in [0.3, 0.4) is 0 Å². The monoisotopic (exact) mass is 407 g/mol. The van der Waals surface area contributed by atoms with E-state index in [9.17, 15) is 14.4 Å². The molecule has 2 aromatic carbocycles. The van der Waals surface area contributed by atoms with Gasteiger partial charge < -0.3 is 15.0 Å². The van der Waals surface area contributed by atoms with Crippen LogP contribution in [-0.2, 0) is 11.2 Å². The number of nitrogens with one attached hydrogen (secondary N) is 1. The van der Waals surface area contributed by atoms with E-state index in [2.05, 4.69) is 5.32 Å². The van der Waals surface area contributed by atoms with Gasteiger partial charge in [0.1, 0.15) is 5.75 Å². The molecule has 7 nitrogen and oxygen atoms in total. The van der Waals surface area contributed by atoms with Crippen molar-refractivity contribution in [3.05, 3.63) is 59.2 Å². The first-order valence-corrected chi connectivity index (χ1v) is 10.2. The highest BCUT2D eigenvalue weighted by Gasteiger charge is 2.34. The first kappa shape index (κ1) is 20.1. The Labute approximate surface area is 175 Å². The number of unbranched alkanes of at least 4 members (excludes halogenated alkanes) is 1. The molecule has 4 rings (SSSR count). The van der Waals surface area contributed by atoms with Gasteiger partial charge in [0.05, 0.1) is 16.8 Å². The standard InChI is InChI=1S/C23H25N3O4/c1-25-19-10-9-16(14-20(19)30-15-21(25)27)6-4-5-11-24-12-13-26-22(28)17-7-2-3-8-18(17)23(26)29/h2-3,7-10,14,24H,4-6,11-13,15H2,1H3. The summed E-state index contributed by atoms with van der Waals surface area (Å²) in [6, 6.07) is 12.9. The van der Waals surface area contributed by atoms with Crippen LogP contribution in [0.25, 0.3) is 0 Å². The Kier molecular flexibility index (Phi) is 5.81. The van der Waals surface area contributed by atoms with Crippen molar-refractivity contribution in [2.24, 2.45) is 0 Å². The molecule has 2 aliphatic heterocycles. The predicted molar refractivity (Wildman–Crippen MR) is 113 cm³/mol. The molecule has 0 saturated carbocycles. The summed E-state index contributed by atoms with van der Waals surface area (Å²) in [5.74, 6) is 0.301. The summed E-state index contributed by atoms with van der Waals surface area (Å²) in [6.07, 6.45) is 2.92. The van der Waals surface area contributed by atoms with Crippen molar-refractivity contribution in [1.82, 2.24) is 10.2 Å². The van der Waals surface area contributed by atoms with Gasteiger partial charge in [-0.3, -0.25) is 19.3 Å². The van der Waals surface area contributed by atoms with Gasteiger partial charge in [-0.25, -0.2) is 0 Å². The second-order valence-electron chi connectivity index (χ2n) is 7.56. The molecule has 0 radical (unpaired) electrons. The van der Waals surface area contributed by atoms with Crippen molar-refractivity contribution < 1.29 is 19.1 Å². The maximum atomic E-state index is 12.3. The minimum Gasteiger partial charge on any atom is -0.482 e. The number of hydrogen-bond donors (Lipinski definition) is 1. The minimum absolute atomic E-state index is 0.0393. The van der Waals surface area contributed by atoms with Gasteiger partial charge >= 0.3 is 0 Å². The molecule has 2 aliphatic rings. The van der Waals surface area contributed by atoms with E-state index in [-0.39, 0.29) is 24.3 Å². The third-order valence-corrected chi connectivity index (χ3v) is 5.57. The molecule has 30 heavy (non-hydrogen) atoms. The fraction of sp³-hybridized carbons (Fsp3) is 0.348. The molecule has 7 heteroatoms. The van der Waals surface area contributed by atoms with Gasteiger partial charge in [-0.1, -0.05) is 18.2 Å². The SMILES string of the molecule is CN1C(=O)COc2cc(CCCCNCCN3C(=O)c4ccccc4C3=O)ccc21. The fourth-order valence-electron chi connectivity index (χ4n) is 3.81. The number of anilines is 1. The summed E-state index contributed by atoms with van der Waals surface area (Å²) >= 11 is 0. The van der Waals surface area contributed by atoms with Gasteiger partial charge in [0, 0.05) is 20.1 Å². The first-order chi connectivity index (χ1) is 14.6. The summed E-state index contributed by atoms with van der Waals surface area (Å²) in [7, 11) is 1.76. The second-order valence-corrected chi connectivity index (χ2v) is 7.56. The van der Waals surface area contributed by atoms with Crippen molar-refractivity contribution in [2.45, 2.75) is 19.3 Å². The van der Waals surface area contributed by atoms with Crippen LogP contribution in [-0.4, -0.2) is 55.9 Å². The van der Waals surface area contributed by atoms with Gasteiger partial charge in [0.15, 0.2) is 6.61 Å². The number of carbonyl (C=O) groups excluding carboxylic acids is 3. The molecule has 156 valence electrons. The summed E-state index contributed by atoms with van der Waals surface area (Å²) in [5, 5.41) is 3.31. The molecule has 0 aliphatic carbocycles. The third-order valence-electron chi connectivity index (χ3n) is 5.57. The number of carbonyl (C=O) groups is 3. The molecule has 0 fully saturated rings. The van der Waals surface area contributed by atoms with E-state index in [4.69, 9.17) is 4.74 Å². The smallest absolute Gasteiger partial charge is 0.264 e. The number of imide groups is 1. The number of aryl methyl sites for hydroxylation is 1. The number of hydrogen-bond acceptors (Lipinski definition) is 5. The Hall–Kier alpha value is -3.19. The molecule has 0 saturated heterocycles. The molecule has 2 aromatic rings. The summed E-state index contributed by atoms with van der Waals surface area (Å²) in [4.78, 5) is 39.2. The number of benzene rings is 2. The Morgan fingerprint density at radius 2 is 1.70 bits per heavy atom. The molecule has 2 heterocycles. The molecule has 0 unspecified atom stereocenters. The maximum Gasteiger partial charge on any atom is 0.264 e. The first-order valence-electron chi connectivity index (χ1n) is 10.2. The lowest BCUT2D eigenvalue weighted by molar-refractivity contribution is -0.121. The number of likely N-dealkylation sites (N-methyl/N-ethyl adjacent to an activating group) is 1. The Morgan fingerprint density at radius 3 is 2.43 bits per heavy atom. The van der Waals surface area contributed by atoms with Crippen LogP contribution in [0.4, 0.5) is 5.69 Å². The van der Waals surface area contributed by atoms with E-state index in [0.29, 0.717) is 24.2 Å². The van der Waals surface area contributed by atoms with Crippen LogP contribution >= 0.6 is 0 Å². The molecule has 0 bridgehead atoms. The fourth-order valence-corrected chi connectivity index (χ4v) is 3.81. The van der Waals surface area contributed by atoms with Gasteiger partial charge in [-0.15, -0.1) is 0 Å². The molecule has 0 aromatic heterocycles. The number of rotatable bonds is 8. The van der Waals surface area contributed by atoms with Gasteiger partial charge in [0.25, 0.3) is 17.7 Å². The molecular weight excluding hydrogens is 382 g/mol. The average Bonchev–Trinajstić information content (AvgIpc) is 3.00. The van der Waals surface area contributed by atoms with Crippen molar-refractivity contribution in [3.8, 4) is 5.75 Å². The Morgan fingerprint density at radius 1 is 0.967 bits per heavy atom. The van der Waals surface area contributed by atoms with Gasteiger partial charge in [0.2, 0.25) is 0 Å². The van der Waals surface area contributed by atoms with Crippen molar-refractivity contribution in [3.63, 3.8) is 0 Å².